The van der Waals surface area contributed by atoms with E-state index in [4.69, 9.17) is 0 Å². The SMILES string of the molecule is C=C(C)[Si](C#CC1c2cc3c(cc2C(C#C[Si](C(=C)C)(C(C)C)C(C)C)C2CC4C(C)CCC(C)C4CC12)C(C)CCC3C)(C(C)C)C(C)C. The summed E-state index contributed by atoms with van der Waals surface area (Å²) in [5, 5.41) is 2.72. The summed E-state index contributed by atoms with van der Waals surface area (Å²) in [6, 6.07) is 5.41. The molecule has 0 spiro atoms. The van der Waals surface area contributed by atoms with E-state index in [1.54, 1.807) is 22.3 Å². The van der Waals surface area contributed by atoms with Gasteiger partial charge in [-0.3, -0.25) is 0 Å². The van der Waals surface area contributed by atoms with Gasteiger partial charge in [-0.25, -0.2) is 0 Å². The number of hydrogen-bond acceptors (Lipinski definition) is 0. The summed E-state index contributed by atoms with van der Waals surface area (Å²) in [4.78, 5) is 0. The molecule has 274 valence electrons. The van der Waals surface area contributed by atoms with Crippen molar-refractivity contribution >= 4 is 16.1 Å². The minimum atomic E-state index is -2.08. The number of hydrogen-bond donors (Lipinski definition) is 0. The van der Waals surface area contributed by atoms with Crippen LogP contribution in [0.25, 0.3) is 0 Å². The van der Waals surface area contributed by atoms with E-state index in [1.165, 1.54) is 48.9 Å². The van der Waals surface area contributed by atoms with E-state index >= 15 is 0 Å². The molecule has 2 fully saturated rings. The van der Waals surface area contributed by atoms with Gasteiger partial charge in [0.2, 0.25) is 0 Å². The van der Waals surface area contributed by atoms with Crippen molar-refractivity contribution in [1.82, 2.24) is 0 Å². The number of benzene rings is 1. The first-order chi connectivity index (χ1) is 23.4. The smallest absolute Gasteiger partial charge is 0.125 e. The summed E-state index contributed by atoms with van der Waals surface area (Å²) < 4.78 is 0. The average molecular weight is 707 g/mol. The third-order valence-corrected chi connectivity index (χ3v) is 26.8. The Kier molecular flexibility index (Phi) is 11.8. The van der Waals surface area contributed by atoms with E-state index in [-0.39, 0.29) is 11.8 Å². The van der Waals surface area contributed by atoms with Gasteiger partial charge in [0.05, 0.1) is 0 Å². The Morgan fingerprint density at radius 3 is 1.14 bits per heavy atom. The minimum Gasteiger partial charge on any atom is -0.125 e. The van der Waals surface area contributed by atoms with Gasteiger partial charge in [0.1, 0.15) is 0 Å². The van der Waals surface area contributed by atoms with Crippen molar-refractivity contribution in [1.29, 1.82) is 0 Å². The summed E-state index contributed by atoms with van der Waals surface area (Å²) in [7, 11) is -4.17. The van der Waals surface area contributed by atoms with Crippen molar-refractivity contribution in [3.05, 3.63) is 57.9 Å². The summed E-state index contributed by atoms with van der Waals surface area (Å²) in [6.45, 7) is 43.4. The second-order valence-electron chi connectivity index (χ2n) is 19.6. The molecule has 10 unspecified atom stereocenters. The lowest BCUT2D eigenvalue weighted by Crippen LogP contribution is -2.47. The van der Waals surface area contributed by atoms with Crippen LogP contribution in [0.5, 0.6) is 0 Å². The molecule has 0 aliphatic heterocycles. The fourth-order valence-electron chi connectivity index (χ4n) is 12.5. The van der Waals surface area contributed by atoms with Crippen molar-refractivity contribution in [2.24, 2.45) is 35.5 Å². The van der Waals surface area contributed by atoms with Crippen molar-refractivity contribution in [3.63, 3.8) is 0 Å². The zero-order valence-corrected chi connectivity index (χ0v) is 36.9. The third kappa shape index (κ3) is 6.55. The van der Waals surface area contributed by atoms with Crippen LogP contribution in [0, 0.1) is 58.4 Å². The molecule has 2 heteroatoms. The summed E-state index contributed by atoms with van der Waals surface area (Å²) in [5.74, 6) is 14.7. The molecule has 0 radical (unpaired) electrons. The van der Waals surface area contributed by atoms with Crippen LogP contribution < -0.4 is 0 Å². The highest BCUT2D eigenvalue weighted by Gasteiger charge is 2.52. The molecule has 0 nitrogen and oxygen atoms in total. The standard InChI is InChI=1S/C48H74Si2/c1-29(2)49(30(3)4,31(5)6)23-21-39-45-25-41-35(13)17-19-37(15)43(41)27-47(45)40(22-24-50(32(7)8,33(9)10)34(11)12)48-28-44-38(16)20-18-36(14)42(44)26-46(39)48/h25,27,30-31,33-40,42,44,46,48H,1,7,17-20,26,28H2,2-6,8-16H3. The number of allylic oxidation sites excluding steroid dienone is 2. The monoisotopic (exact) mass is 707 g/mol. The molecule has 5 rings (SSSR count). The van der Waals surface area contributed by atoms with Crippen LogP contribution in [0.1, 0.15) is 181 Å². The molecule has 0 saturated heterocycles. The van der Waals surface area contributed by atoms with Gasteiger partial charge in [-0.05, 0) is 131 Å². The highest BCUT2D eigenvalue weighted by Crippen LogP contribution is 2.60. The second-order valence-corrected chi connectivity index (χ2v) is 29.9. The van der Waals surface area contributed by atoms with Crippen LogP contribution in [-0.2, 0) is 0 Å². The molecule has 50 heavy (non-hydrogen) atoms. The molecule has 0 N–H and O–H groups in total. The van der Waals surface area contributed by atoms with Gasteiger partial charge in [-0.15, -0.1) is 36.1 Å². The van der Waals surface area contributed by atoms with E-state index in [0.29, 0.717) is 45.8 Å². The lowest BCUT2D eigenvalue weighted by Gasteiger charge is -2.54. The average Bonchev–Trinajstić information content (AvgIpc) is 3.03. The molecule has 0 amide bonds. The largest absolute Gasteiger partial charge is 0.168 e. The molecule has 10 atom stereocenters. The Morgan fingerprint density at radius 2 is 0.860 bits per heavy atom. The van der Waals surface area contributed by atoms with Crippen LogP contribution in [0.15, 0.2) is 35.7 Å². The van der Waals surface area contributed by atoms with Crippen LogP contribution in [0.4, 0.5) is 0 Å². The first-order valence-corrected chi connectivity index (χ1v) is 25.3. The first kappa shape index (κ1) is 39.5. The third-order valence-electron chi connectivity index (χ3n) is 15.6. The Hall–Kier alpha value is -1.75. The minimum absolute atomic E-state index is 0.287. The quantitative estimate of drug-likeness (QED) is 0.204. The fraction of sp³-hybridized carbons (Fsp3) is 0.708. The number of rotatable bonds is 6. The maximum Gasteiger partial charge on any atom is 0.168 e. The van der Waals surface area contributed by atoms with E-state index in [9.17, 15) is 0 Å². The molecule has 2 saturated carbocycles. The molecule has 1 aromatic rings. The summed E-state index contributed by atoms with van der Waals surface area (Å²) in [5.41, 5.74) is 17.0. The maximum absolute atomic E-state index is 4.65. The molecule has 1 aromatic carbocycles. The van der Waals surface area contributed by atoms with Crippen LogP contribution >= 0.6 is 0 Å². The first-order valence-electron chi connectivity index (χ1n) is 20.9. The van der Waals surface area contributed by atoms with E-state index in [2.05, 4.69) is 145 Å². The Bertz CT molecular complexity index is 1430. The predicted octanol–water partition coefficient (Wildman–Crippen LogP) is 14.0. The highest BCUT2D eigenvalue weighted by atomic mass is 28.3. The van der Waals surface area contributed by atoms with Gasteiger partial charge in [0.25, 0.3) is 0 Å². The zero-order chi connectivity index (χ0) is 37.0. The molecule has 0 bridgehead atoms. The van der Waals surface area contributed by atoms with E-state index < -0.39 is 16.1 Å². The Balaban J connectivity index is 1.83. The molecular formula is C48H74Si2. The topological polar surface area (TPSA) is 0 Å². The van der Waals surface area contributed by atoms with Gasteiger partial charge in [-0.2, -0.15) is 0 Å². The van der Waals surface area contributed by atoms with Crippen molar-refractivity contribution in [2.45, 2.75) is 181 Å². The summed E-state index contributed by atoms with van der Waals surface area (Å²) in [6.07, 6.45) is 8.01. The zero-order valence-electron chi connectivity index (χ0n) is 34.9. The fourth-order valence-corrected chi connectivity index (χ4v) is 21.5. The van der Waals surface area contributed by atoms with Crippen LogP contribution in [0.2, 0.25) is 22.2 Å². The highest BCUT2D eigenvalue weighted by molar-refractivity contribution is 6.95. The van der Waals surface area contributed by atoms with Gasteiger partial charge in [-0.1, -0.05) is 118 Å². The normalized spacial score (nSPS) is 32.3. The summed E-state index contributed by atoms with van der Waals surface area (Å²) >= 11 is 0. The van der Waals surface area contributed by atoms with Crippen LogP contribution in [0.3, 0.4) is 0 Å². The molecular weight excluding hydrogens is 633 g/mol. The van der Waals surface area contributed by atoms with Gasteiger partial charge >= 0.3 is 0 Å². The van der Waals surface area contributed by atoms with E-state index in [1.807, 2.05) is 0 Å². The molecule has 4 aliphatic carbocycles. The lowest BCUT2D eigenvalue weighted by atomic mass is 9.50. The second kappa shape index (κ2) is 14.9. The molecule has 4 aliphatic rings. The van der Waals surface area contributed by atoms with Gasteiger partial charge < -0.3 is 0 Å². The van der Waals surface area contributed by atoms with Gasteiger partial charge in [0, 0.05) is 11.8 Å². The number of fused-ring (bicyclic) bond motifs is 4. The Morgan fingerprint density at radius 1 is 0.540 bits per heavy atom. The molecule has 0 heterocycles. The maximum atomic E-state index is 4.65. The van der Waals surface area contributed by atoms with Gasteiger partial charge in [0.15, 0.2) is 16.1 Å². The van der Waals surface area contributed by atoms with Crippen LogP contribution in [-0.4, -0.2) is 16.1 Å². The van der Waals surface area contributed by atoms with Crippen molar-refractivity contribution in [2.75, 3.05) is 0 Å². The predicted molar refractivity (Wildman–Crippen MR) is 226 cm³/mol. The molecule has 0 aromatic heterocycles. The van der Waals surface area contributed by atoms with E-state index in [0.717, 1.165) is 23.7 Å². The lowest BCUT2D eigenvalue weighted by molar-refractivity contribution is -0.00161. The van der Waals surface area contributed by atoms with Crippen molar-refractivity contribution in [3.8, 4) is 22.9 Å². The Labute approximate surface area is 312 Å². The van der Waals surface area contributed by atoms with Crippen molar-refractivity contribution < 1.29 is 0 Å².